The second-order valence-electron chi connectivity index (χ2n) is 3.13. The van der Waals surface area contributed by atoms with Crippen LogP contribution in [0.2, 0.25) is 0 Å². The van der Waals surface area contributed by atoms with Crippen LogP contribution < -0.4 is 5.30 Å². The van der Waals surface area contributed by atoms with Gasteiger partial charge in [-0.15, -0.1) is 0 Å². The largest absolute Gasteiger partial charge is 0.462 e. The molecule has 17 heavy (non-hydrogen) atoms. The molecule has 5 nitrogen and oxygen atoms in total. The van der Waals surface area contributed by atoms with Gasteiger partial charge in [0.1, 0.15) is 0 Å². The molecule has 6 heteroatoms. The van der Waals surface area contributed by atoms with Crippen LogP contribution in [0.15, 0.2) is 24.3 Å². The maximum atomic E-state index is 12.0. The van der Waals surface area contributed by atoms with Gasteiger partial charge in [-0.3, -0.25) is 4.57 Å². The molecule has 0 aliphatic carbocycles. The third kappa shape index (κ3) is 3.16. The van der Waals surface area contributed by atoms with Gasteiger partial charge in [-0.05, 0) is 31.2 Å². The Labute approximate surface area is 100 Å². The molecule has 0 aliphatic rings. The molecule has 1 aromatic carbocycles. The minimum Gasteiger partial charge on any atom is -0.462 e. The summed E-state index contributed by atoms with van der Waals surface area (Å²) in [6.45, 7) is 2.05. The summed E-state index contributed by atoms with van der Waals surface area (Å²) in [5.74, 6) is -0.413. The molecule has 0 aliphatic heterocycles. The van der Waals surface area contributed by atoms with Crippen LogP contribution in [-0.4, -0.2) is 26.8 Å². The Morgan fingerprint density at radius 1 is 1.18 bits per heavy atom. The van der Waals surface area contributed by atoms with Crippen LogP contribution >= 0.6 is 7.60 Å². The van der Waals surface area contributed by atoms with E-state index >= 15 is 0 Å². The standard InChI is InChI=1S/C11H15O5P/c1-4-16-11(12)9-5-7-10(8-6-9)17(13,14-2)15-3/h5-8H,4H2,1-3H3. The number of rotatable bonds is 5. The lowest BCUT2D eigenvalue weighted by molar-refractivity contribution is 0.0526. The summed E-state index contributed by atoms with van der Waals surface area (Å²) < 4.78 is 26.5. The second kappa shape index (κ2) is 5.96. The van der Waals surface area contributed by atoms with E-state index < -0.39 is 13.6 Å². The molecule has 0 radical (unpaired) electrons. The van der Waals surface area contributed by atoms with Crippen molar-refractivity contribution < 1.29 is 23.1 Å². The van der Waals surface area contributed by atoms with Crippen LogP contribution in [0, 0.1) is 0 Å². The molecule has 0 heterocycles. The van der Waals surface area contributed by atoms with Crippen molar-refractivity contribution in [2.75, 3.05) is 20.8 Å². The Balaban J connectivity index is 2.95. The van der Waals surface area contributed by atoms with Crippen molar-refractivity contribution >= 4 is 18.9 Å². The molecule has 0 amide bonds. The number of esters is 1. The molecular weight excluding hydrogens is 243 g/mol. The van der Waals surface area contributed by atoms with E-state index in [0.717, 1.165) is 0 Å². The fraction of sp³-hybridized carbons (Fsp3) is 0.364. The maximum absolute atomic E-state index is 12.0. The monoisotopic (exact) mass is 258 g/mol. The highest BCUT2D eigenvalue weighted by Crippen LogP contribution is 2.44. The molecule has 0 atom stereocenters. The first-order valence-corrected chi connectivity index (χ1v) is 6.61. The van der Waals surface area contributed by atoms with E-state index in [1.807, 2.05) is 0 Å². The molecule has 1 aromatic rings. The maximum Gasteiger partial charge on any atom is 0.360 e. The van der Waals surface area contributed by atoms with E-state index in [0.29, 0.717) is 17.5 Å². The predicted octanol–water partition coefficient (Wildman–Crippen LogP) is 1.97. The van der Waals surface area contributed by atoms with Crippen LogP contribution in [0.5, 0.6) is 0 Å². The zero-order valence-electron chi connectivity index (χ0n) is 10.0. The number of carbonyl (C=O) groups excluding carboxylic acids is 1. The smallest absolute Gasteiger partial charge is 0.360 e. The Bertz CT molecular complexity index is 418. The summed E-state index contributed by atoms with van der Waals surface area (Å²) in [5.41, 5.74) is 0.398. The Morgan fingerprint density at radius 2 is 1.71 bits per heavy atom. The normalized spacial score (nSPS) is 11.2. The van der Waals surface area contributed by atoms with Crippen molar-refractivity contribution in [3.05, 3.63) is 29.8 Å². The van der Waals surface area contributed by atoms with Crippen molar-refractivity contribution in [2.24, 2.45) is 0 Å². The number of hydrogen-bond acceptors (Lipinski definition) is 5. The Morgan fingerprint density at radius 3 is 2.12 bits per heavy atom. The summed E-state index contributed by atoms with van der Waals surface area (Å²) in [6.07, 6.45) is 0. The van der Waals surface area contributed by atoms with Crippen LogP contribution in [0.1, 0.15) is 17.3 Å². The first kappa shape index (κ1) is 13.9. The molecule has 0 N–H and O–H groups in total. The zero-order valence-corrected chi connectivity index (χ0v) is 10.9. The topological polar surface area (TPSA) is 61.8 Å². The molecular formula is C11H15O5P. The first-order valence-electron chi connectivity index (χ1n) is 5.06. The number of benzene rings is 1. The fourth-order valence-electron chi connectivity index (χ4n) is 1.28. The SMILES string of the molecule is CCOC(=O)c1ccc(P(=O)(OC)OC)cc1. The minimum atomic E-state index is -3.25. The van der Waals surface area contributed by atoms with Crippen molar-refractivity contribution in [3.63, 3.8) is 0 Å². The lowest BCUT2D eigenvalue weighted by atomic mass is 10.2. The number of carbonyl (C=O) groups is 1. The Kier molecular flexibility index (Phi) is 4.87. The fourth-order valence-corrected chi connectivity index (χ4v) is 2.36. The van der Waals surface area contributed by atoms with Gasteiger partial charge in [-0.2, -0.15) is 0 Å². The predicted molar refractivity (Wildman–Crippen MR) is 63.7 cm³/mol. The average molecular weight is 258 g/mol. The van der Waals surface area contributed by atoms with Crippen molar-refractivity contribution in [3.8, 4) is 0 Å². The molecule has 0 unspecified atom stereocenters. The number of hydrogen-bond donors (Lipinski definition) is 0. The van der Waals surface area contributed by atoms with Gasteiger partial charge in [0.25, 0.3) is 0 Å². The van der Waals surface area contributed by atoms with Crippen LogP contribution in [-0.2, 0) is 18.3 Å². The average Bonchev–Trinajstić information content (AvgIpc) is 2.38. The van der Waals surface area contributed by atoms with Crippen molar-refractivity contribution in [1.82, 2.24) is 0 Å². The quantitative estimate of drug-likeness (QED) is 0.597. The molecule has 0 spiro atoms. The van der Waals surface area contributed by atoms with Gasteiger partial charge in [-0.1, -0.05) is 0 Å². The Hall–Kier alpha value is -1.16. The molecule has 0 aromatic heterocycles. The van der Waals surface area contributed by atoms with Crippen LogP contribution in [0.25, 0.3) is 0 Å². The van der Waals surface area contributed by atoms with Crippen molar-refractivity contribution in [2.45, 2.75) is 6.92 Å². The van der Waals surface area contributed by atoms with E-state index in [1.54, 1.807) is 6.92 Å². The van der Waals surface area contributed by atoms with Crippen LogP contribution in [0.4, 0.5) is 0 Å². The lowest BCUT2D eigenvalue weighted by Crippen LogP contribution is -2.10. The van der Waals surface area contributed by atoms with Gasteiger partial charge in [0, 0.05) is 14.2 Å². The van der Waals surface area contributed by atoms with E-state index in [4.69, 9.17) is 13.8 Å². The minimum absolute atomic E-state index is 0.315. The van der Waals surface area contributed by atoms with Crippen molar-refractivity contribution in [1.29, 1.82) is 0 Å². The summed E-state index contributed by atoms with van der Waals surface area (Å²) in [7, 11) is -0.633. The summed E-state index contributed by atoms with van der Waals surface area (Å²) in [6, 6.07) is 6.11. The first-order chi connectivity index (χ1) is 8.07. The van der Waals surface area contributed by atoms with Gasteiger partial charge < -0.3 is 13.8 Å². The lowest BCUT2D eigenvalue weighted by Gasteiger charge is -2.13. The van der Waals surface area contributed by atoms with E-state index in [9.17, 15) is 9.36 Å². The number of ether oxygens (including phenoxy) is 1. The molecule has 0 saturated carbocycles. The van der Waals surface area contributed by atoms with Gasteiger partial charge in [0.05, 0.1) is 17.5 Å². The summed E-state index contributed by atoms with van der Waals surface area (Å²) >= 11 is 0. The van der Waals surface area contributed by atoms with Gasteiger partial charge in [0.15, 0.2) is 0 Å². The van der Waals surface area contributed by atoms with E-state index in [-0.39, 0.29) is 0 Å². The van der Waals surface area contributed by atoms with E-state index in [1.165, 1.54) is 38.5 Å². The highest BCUT2D eigenvalue weighted by Gasteiger charge is 2.24. The molecule has 1 rings (SSSR count). The second-order valence-corrected chi connectivity index (χ2v) is 5.37. The van der Waals surface area contributed by atoms with E-state index in [2.05, 4.69) is 0 Å². The summed E-state index contributed by atoms with van der Waals surface area (Å²) in [5, 5.41) is 0.399. The van der Waals surface area contributed by atoms with Gasteiger partial charge in [-0.25, -0.2) is 4.79 Å². The van der Waals surface area contributed by atoms with Crippen LogP contribution in [0.3, 0.4) is 0 Å². The molecule has 94 valence electrons. The highest BCUT2D eigenvalue weighted by molar-refractivity contribution is 7.62. The molecule has 0 bridgehead atoms. The molecule has 0 saturated heterocycles. The summed E-state index contributed by atoms with van der Waals surface area (Å²) in [4.78, 5) is 11.4. The third-order valence-corrected chi connectivity index (χ3v) is 4.07. The third-order valence-electron chi connectivity index (χ3n) is 2.18. The van der Waals surface area contributed by atoms with Gasteiger partial charge >= 0.3 is 13.6 Å². The highest BCUT2D eigenvalue weighted by atomic mass is 31.2. The molecule has 0 fully saturated rings. The van der Waals surface area contributed by atoms with Gasteiger partial charge in [0.2, 0.25) is 0 Å². The zero-order chi connectivity index (χ0) is 12.9.